The third kappa shape index (κ3) is 1.58. The highest BCUT2D eigenvalue weighted by atomic mass is 79.9. The van der Waals surface area contributed by atoms with Gasteiger partial charge in [0.05, 0.1) is 12.7 Å². The molecule has 0 heterocycles. The Bertz CT molecular complexity index is 312. The van der Waals surface area contributed by atoms with Crippen molar-refractivity contribution in [2.75, 3.05) is 12.8 Å². The lowest BCUT2D eigenvalue weighted by Gasteiger charge is -2.07. The summed E-state index contributed by atoms with van der Waals surface area (Å²) in [4.78, 5) is 0. The first-order chi connectivity index (χ1) is 5.69. The topological polar surface area (TPSA) is 59.1 Å². The predicted octanol–water partition coefficient (Wildman–Crippen LogP) is 2.04. The van der Waals surface area contributed by atoms with Gasteiger partial charge in [0, 0.05) is 16.4 Å². The Morgan fingerprint density at radius 2 is 2.25 bits per heavy atom. The van der Waals surface area contributed by atoms with Gasteiger partial charge >= 0.3 is 0 Å². The maximum Gasteiger partial charge on any atom is 0.130 e. The molecule has 4 heteroatoms. The number of rotatable bonds is 2. The monoisotopic (exact) mass is 228 g/mol. The van der Waals surface area contributed by atoms with Crippen molar-refractivity contribution in [3.05, 3.63) is 22.2 Å². The summed E-state index contributed by atoms with van der Waals surface area (Å²) in [6.07, 6.45) is 1.18. The van der Waals surface area contributed by atoms with Gasteiger partial charge in [0.2, 0.25) is 0 Å². The van der Waals surface area contributed by atoms with E-state index in [1.54, 1.807) is 19.2 Å². The van der Waals surface area contributed by atoms with Crippen molar-refractivity contribution < 1.29 is 4.74 Å². The minimum Gasteiger partial charge on any atom is -0.496 e. The van der Waals surface area contributed by atoms with Crippen molar-refractivity contribution >= 4 is 27.8 Å². The summed E-state index contributed by atoms with van der Waals surface area (Å²) in [6.45, 7) is 0. The molecule has 0 fully saturated rings. The standard InChI is InChI=1S/C8H9BrN2O/c1-12-8-3-5(9)2-7(11)6(8)4-10/h2-4,10H,11H2,1H3. The molecule has 12 heavy (non-hydrogen) atoms. The molecule has 64 valence electrons. The van der Waals surface area contributed by atoms with Gasteiger partial charge in [-0.05, 0) is 12.1 Å². The number of halogens is 1. The predicted molar refractivity (Wildman–Crippen MR) is 53.0 cm³/mol. The number of hydrogen-bond donors (Lipinski definition) is 2. The molecule has 0 aromatic heterocycles. The van der Waals surface area contributed by atoms with Crippen molar-refractivity contribution in [2.45, 2.75) is 0 Å². The van der Waals surface area contributed by atoms with Crippen LogP contribution in [0.4, 0.5) is 5.69 Å². The van der Waals surface area contributed by atoms with E-state index in [4.69, 9.17) is 15.9 Å². The van der Waals surface area contributed by atoms with Crippen LogP contribution in [0.15, 0.2) is 16.6 Å². The SMILES string of the molecule is COc1cc(Br)cc(N)c1C=N. The van der Waals surface area contributed by atoms with Gasteiger partial charge in [0.15, 0.2) is 0 Å². The molecule has 0 bridgehead atoms. The van der Waals surface area contributed by atoms with Crippen LogP contribution in [0.25, 0.3) is 0 Å². The van der Waals surface area contributed by atoms with Crippen molar-refractivity contribution in [3.63, 3.8) is 0 Å². The average molecular weight is 229 g/mol. The van der Waals surface area contributed by atoms with Crippen molar-refractivity contribution in [3.8, 4) is 5.75 Å². The van der Waals surface area contributed by atoms with E-state index in [0.717, 1.165) is 4.47 Å². The van der Waals surface area contributed by atoms with E-state index >= 15 is 0 Å². The van der Waals surface area contributed by atoms with Crippen molar-refractivity contribution in [1.29, 1.82) is 5.41 Å². The van der Waals surface area contributed by atoms with Crippen LogP contribution in [0.3, 0.4) is 0 Å². The molecule has 0 aliphatic carbocycles. The molecular weight excluding hydrogens is 220 g/mol. The van der Waals surface area contributed by atoms with E-state index in [1.807, 2.05) is 0 Å². The second-order valence-electron chi connectivity index (χ2n) is 2.26. The summed E-state index contributed by atoms with van der Waals surface area (Å²) < 4.78 is 5.89. The van der Waals surface area contributed by atoms with Gasteiger partial charge in [0.1, 0.15) is 5.75 Å². The summed E-state index contributed by atoms with van der Waals surface area (Å²) >= 11 is 3.28. The zero-order valence-corrected chi connectivity index (χ0v) is 8.18. The average Bonchev–Trinajstić information content (AvgIpc) is 2.03. The number of nitrogen functional groups attached to an aromatic ring is 1. The van der Waals surface area contributed by atoms with Crippen LogP contribution in [0, 0.1) is 5.41 Å². The summed E-state index contributed by atoms with van der Waals surface area (Å²) in [5.74, 6) is 0.608. The van der Waals surface area contributed by atoms with Crippen LogP contribution in [0.1, 0.15) is 5.56 Å². The van der Waals surface area contributed by atoms with Crippen LogP contribution in [-0.4, -0.2) is 13.3 Å². The summed E-state index contributed by atoms with van der Waals surface area (Å²) in [5.41, 5.74) is 6.80. The molecule has 0 aliphatic heterocycles. The Kier molecular flexibility index (Phi) is 2.70. The van der Waals surface area contributed by atoms with Crippen molar-refractivity contribution in [2.24, 2.45) is 0 Å². The highest BCUT2D eigenvalue weighted by molar-refractivity contribution is 9.10. The van der Waals surface area contributed by atoms with Crippen LogP contribution in [0.5, 0.6) is 5.75 Å². The first-order valence-electron chi connectivity index (χ1n) is 3.32. The number of nitrogens with two attached hydrogens (primary N) is 1. The molecule has 0 radical (unpaired) electrons. The molecule has 0 saturated carbocycles. The Morgan fingerprint density at radius 3 is 2.75 bits per heavy atom. The fraction of sp³-hybridized carbons (Fsp3) is 0.125. The lowest BCUT2D eigenvalue weighted by atomic mass is 10.2. The minimum absolute atomic E-state index is 0.538. The number of anilines is 1. The smallest absolute Gasteiger partial charge is 0.130 e. The number of methoxy groups -OCH3 is 1. The minimum atomic E-state index is 0.538. The van der Waals surface area contributed by atoms with Crippen LogP contribution >= 0.6 is 15.9 Å². The quantitative estimate of drug-likeness (QED) is 0.602. The molecule has 3 nitrogen and oxygen atoms in total. The lowest BCUT2D eigenvalue weighted by Crippen LogP contribution is -1.97. The van der Waals surface area contributed by atoms with Crippen molar-refractivity contribution in [1.82, 2.24) is 0 Å². The summed E-state index contributed by atoms with van der Waals surface area (Å²) in [6, 6.07) is 3.51. The zero-order chi connectivity index (χ0) is 9.14. The molecule has 1 aromatic rings. The Morgan fingerprint density at radius 1 is 1.58 bits per heavy atom. The summed E-state index contributed by atoms with van der Waals surface area (Å²) in [7, 11) is 1.55. The van der Waals surface area contributed by atoms with Crippen LogP contribution in [0.2, 0.25) is 0 Å². The van der Waals surface area contributed by atoms with Gasteiger partial charge in [-0.2, -0.15) is 0 Å². The third-order valence-corrected chi connectivity index (χ3v) is 1.96. The number of nitrogens with one attached hydrogen (secondary N) is 1. The third-order valence-electron chi connectivity index (χ3n) is 1.50. The zero-order valence-electron chi connectivity index (χ0n) is 6.60. The number of benzene rings is 1. The van der Waals surface area contributed by atoms with Gasteiger partial charge in [0.25, 0.3) is 0 Å². The largest absolute Gasteiger partial charge is 0.496 e. The molecule has 0 atom stereocenters. The van der Waals surface area contributed by atoms with E-state index in [2.05, 4.69) is 15.9 Å². The lowest BCUT2D eigenvalue weighted by molar-refractivity contribution is 0.414. The normalized spacial score (nSPS) is 9.50. The molecule has 3 N–H and O–H groups in total. The maximum absolute atomic E-state index is 7.10. The molecule has 0 unspecified atom stereocenters. The first kappa shape index (κ1) is 9.06. The molecule has 0 aliphatic rings. The second kappa shape index (κ2) is 3.58. The Balaban J connectivity index is 3.33. The fourth-order valence-corrected chi connectivity index (χ4v) is 1.39. The highest BCUT2D eigenvalue weighted by Gasteiger charge is 2.05. The van der Waals surface area contributed by atoms with E-state index in [-0.39, 0.29) is 0 Å². The molecule has 1 rings (SSSR count). The number of hydrogen-bond acceptors (Lipinski definition) is 3. The number of ether oxygens (including phenoxy) is 1. The second-order valence-corrected chi connectivity index (χ2v) is 3.17. The molecule has 0 saturated heterocycles. The molecular formula is C8H9BrN2O. The summed E-state index contributed by atoms with van der Waals surface area (Å²) in [5, 5.41) is 7.10. The molecule has 0 spiro atoms. The first-order valence-corrected chi connectivity index (χ1v) is 4.12. The van der Waals surface area contributed by atoms with E-state index in [9.17, 15) is 0 Å². The Labute approximate surface area is 79.2 Å². The molecule has 1 aromatic carbocycles. The van der Waals surface area contributed by atoms with Gasteiger partial charge in [-0.1, -0.05) is 15.9 Å². The van der Waals surface area contributed by atoms with E-state index in [1.165, 1.54) is 6.21 Å². The van der Waals surface area contributed by atoms with Gasteiger partial charge < -0.3 is 15.9 Å². The highest BCUT2D eigenvalue weighted by Crippen LogP contribution is 2.27. The van der Waals surface area contributed by atoms with Crippen LogP contribution < -0.4 is 10.5 Å². The Hall–Kier alpha value is -1.03. The van der Waals surface area contributed by atoms with E-state index < -0.39 is 0 Å². The molecule has 0 amide bonds. The van der Waals surface area contributed by atoms with Gasteiger partial charge in [-0.3, -0.25) is 0 Å². The van der Waals surface area contributed by atoms with Gasteiger partial charge in [-0.25, -0.2) is 0 Å². The van der Waals surface area contributed by atoms with Crippen LogP contribution in [-0.2, 0) is 0 Å². The fourth-order valence-electron chi connectivity index (χ4n) is 0.937. The van der Waals surface area contributed by atoms with E-state index in [0.29, 0.717) is 17.0 Å². The maximum atomic E-state index is 7.10. The van der Waals surface area contributed by atoms with Gasteiger partial charge in [-0.15, -0.1) is 0 Å².